The molecule has 1 fully saturated rings. The Bertz CT molecular complexity index is 564. The predicted molar refractivity (Wildman–Crippen MR) is 92.0 cm³/mol. The molecule has 0 aliphatic carbocycles. The Balaban J connectivity index is 1.57. The fourth-order valence-corrected chi connectivity index (χ4v) is 3.66. The SMILES string of the molecule is CC(C)CCC1=CC2CCC(C1)N2C(=O)OCc1ccccc1. The van der Waals surface area contributed by atoms with Gasteiger partial charge in [0.25, 0.3) is 0 Å². The topological polar surface area (TPSA) is 29.5 Å². The lowest BCUT2D eigenvalue weighted by Crippen LogP contribution is -2.43. The summed E-state index contributed by atoms with van der Waals surface area (Å²) in [6.45, 7) is 4.90. The second-order valence-electron chi connectivity index (χ2n) is 7.21. The lowest BCUT2D eigenvalue weighted by molar-refractivity contribution is 0.0814. The zero-order chi connectivity index (χ0) is 16.2. The molecule has 3 rings (SSSR count). The molecule has 2 heterocycles. The second kappa shape index (κ2) is 7.20. The van der Waals surface area contributed by atoms with Gasteiger partial charge in [-0.3, -0.25) is 4.90 Å². The quantitative estimate of drug-likeness (QED) is 0.722. The number of ether oxygens (including phenoxy) is 1. The third-order valence-electron chi connectivity index (χ3n) is 4.93. The van der Waals surface area contributed by atoms with Crippen LogP contribution in [0.3, 0.4) is 0 Å². The van der Waals surface area contributed by atoms with Crippen molar-refractivity contribution >= 4 is 6.09 Å². The van der Waals surface area contributed by atoms with E-state index in [9.17, 15) is 4.79 Å². The maximum absolute atomic E-state index is 12.5. The molecule has 0 spiro atoms. The third-order valence-corrected chi connectivity index (χ3v) is 4.93. The molecule has 2 aliphatic heterocycles. The van der Waals surface area contributed by atoms with E-state index in [1.54, 1.807) is 5.57 Å². The van der Waals surface area contributed by atoms with Crippen LogP contribution >= 0.6 is 0 Å². The summed E-state index contributed by atoms with van der Waals surface area (Å²) < 4.78 is 5.54. The molecule has 3 nitrogen and oxygen atoms in total. The molecule has 2 atom stereocenters. The Labute approximate surface area is 139 Å². The molecular formula is C20H27NO2. The number of hydrogen-bond acceptors (Lipinski definition) is 2. The van der Waals surface area contributed by atoms with Gasteiger partial charge >= 0.3 is 6.09 Å². The second-order valence-corrected chi connectivity index (χ2v) is 7.21. The van der Waals surface area contributed by atoms with Gasteiger partial charge in [-0.1, -0.05) is 55.8 Å². The highest BCUT2D eigenvalue weighted by Crippen LogP contribution is 2.37. The first kappa shape index (κ1) is 16.1. The lowest BCUT2D eigenvalue weighted by Gasteiger charge is -2.33. The molecule has 1 amide bonds. The summed E-state index contributed by atoms with van der Waals surface area (Å²) in [6, 6.07) is 10.5. The smallest absolute Gasteiger partial charge is 0.410 e. The number of carbonyl (C=O) groups is 1. The van der Waals surface area contributed by atoms with Gasteiger partial charge in [0.05, 0.1) is 6.04 Å². The minimum absolute atomic E-state index is 0.152. The van der Waals surface area contributed by atoms with Crippen molar-refractivity contribution in [2.45, 2.75) is 64.6 Å². The third kappa shape index (κ3) is 3.95. The minimum atomic E-state index is -0.152. The van der Waals surface area contributed by atoms with Gasteiger partial charge in [0.2, 0.25) is 0 Å². The summed E-state index contributed by atoms with van der Waals surface area (Å²) in [5, 5.41) is 0. The molecule has 1 aromatic carbocycles. The first-order valence-electron chi connectivity index (χ1n) is 8.82. The summed E-state index contributed by atoms with van der Waals surface area (Å²) >= 11 is 0. The van der Waals surface area contributed by atoms with Crippen LogP contribution in [0.4, 0.5) is 4.79 Å². The molecule has 124 valence electrons. The molecule has 2 bridgehead atoms. The van der Waals surface area contributed by atoms with Crippen LogP contribution in [0, 0.1) is 5.92 Å². The molecule has 3 heteroatoms. The number of amides is 1. The maximum atomic E-state index is 12.5. The van der Waals surface area contributed by atoms with E-state index in [0.717, 1.165) is 30.7 Å². The standard InChI is InChI=1S/C20H27NO2/c1-15(2)8-9-17-12-18-10-11-19(13-17)21(18)20(22)23-14-16-6-4-3-5-7-16/h3-7,12,15,18-19H,8-11,13-14H2,1-2H3. The van der Waals surface area contributed by atoms with Crippen molar-refractivity contribution < 1.29 is 9.53 Å². The summed E-state index contributed by atoms with van der Waals surface area (Å²) in [4.78, 5) is 14.5. The van der Waals surface area contributed by atoms with Crippen molar-refractivity contribution in [2.24, 2.45) is 5.92 Å². The first-order chi connectivity index (χ1) is 11.1. The van der Waals surface area contributed by atoms with Gasteiger partial charge in [0, 0.05) is 6.04 Å². The summed E-state index contributed by atoms with van der Waals surface area (Å²) in [5.74, 6) is 0.738. The lowest BCUT2D eigenvalue weighted by atomic mass is 9.94. The Morgan fingerprint density at radius 2 is 2.04 bits per heavy atom. The number of carbonyl (C=O) groups excluding carboxylic acids is 1. The van der Waals surface area contributed by atoms with Crippen molar-refractivity contribution in [1.82, 2.24) is 4.90 Å². The van der Waals surface area contributed by atoms with Crippen LogP contribution in [-0.2, 0) is 11.3 Å². The molecule has 0 aromatic heterocycles. The highest BCUT2D eigenvalue weighted by molar-refractivity contribution is 5.70. The molecule has 0 radical (unpaired) electrons. The van der Waals surface area contributed by atoms with Crippen LogP contribution in [0.5, 0.6) is 0 Å². The average molecular weight is 313 g/mol. The summed E-state index contributed by atoms with van der Waals surface area (Å²) in [5.41, 5.74) is 2.58. The molecule has 2 unspecified atom stereocenters. The van der Waals surface area contributed by atoms with Gasteiger partial charge in [-0.2, -0.15) is 0 Å². The van der Waals surface area contributed by atoms with Gasteiger partial charge in [0.1, 0.15) is 6.61 Å². The summed E-state index contributed by atoms with van der Waals surface area (Å²) in [7, 11) is 0. The summed E-state index contributed by atoms with van der Waals surface area (Å²) in [6.07, 6.45) is 7.81. The van der Waals surface area contributed by atoms with E-state index < -0.39 is 0 Å². The first-order valence-corrected chi connectivity index (χ1v) is 8.82. The highest BCUT2D eigenvalue weighted by Gasteiger charge is 2.40. The predicted octanol–water partition coefficient (Wildman–Crippen LogP) is 4.92. The number of benzene rings is 1. The van der Waals surface area contributed by atoms with Crippen LogP contribution in [-0.4, -0.2) is 23.1 Å². The van der Waals surface area contributed by atoms with E-state index in [0.29, 0.717) is 12.6 Å². The van der Waals surface area contributed by atoms with E-state index in [1.165, 1.54) is 12.8 Å². The number of fused-ring (bicyclic) bond motifs is 2. The van der Waals surface area contributed by atoms with E-state index in [2.05, 4.69) is 19.9 Å². The van der Waals surface area contributed by atoms with Gasteiger partial charge < -0.3 is 4.74 Å². The zero-order valence-corrected chi connectivity index (χ0v) is 14.2. The number of nitrogens with zero attached hydrogens (tertiary/aromatic N) is 1. The molecule has 1 saturated heterocycles. The molecular weight excluding hydrogens is 286 g/mol. The van der Waals surface area contributed by atoms with E-state index >= 15 is 0 Å². The normalized spacial score (nSPS) is 23.1. The van der Waals surface area contributed by atoms with Crippen molar-refractivity contribution in [3.8, 4) is 0 Å². The largest absolute Gasteiger partial charge is 0.445 e. The van der Waals surface area contributed by atoms with Crippen LogP contribution in [0.2, 0.25) is 0 Å². The van der Waals surface area contributed by atoms with Gasteiger partial charge in [-0.15, -0.1) is 0 Å². The molecule has 2 aliphatic rings. The van der Waals surface area contributed by atoms with Gasteiger partial charge in [-0.05, 0) is 43.6 Å². The Hall–Kier alpha value is -1.77. The Morgan fingerprint density at radius 3 is 2.74 bits per heavy atom. The monoisotopic (exact) mass is 313 g/mol. The number of hydrogen-bond donors (Lipinski definition) is 0. The van der Waals surface area contributed by atoms with E-state index in [-0.39, 0.29) is 12.1 Å². The molecule has 0 saturated carbocycles. The molecule has 0 N–H and O–H groups in total. The van der Waals surface area contributed by atoms with Gasteiger partial charge in [-0.25, -0.2) is 4.79 Å². The maximum Gasteiger partial charge on any atom is 0.410 e. The average Bonchev–Trinajstić information content (AvgIpc) is 2.82. The van der Waals surface area contributed by atoms with Gasteiger partial charge in [0.15, 0.2) is 0 Å². The van der Waals surface area contributed by atoms with E-state index in [1.807, 2.05) is 35.2 Å². The highest BCUT2D eigenvalue weighted by atomic mass is 16.6. The van der Waals surface area contributed by atoms with E-state index in [4.69, 9.17) is 4.74 Å². The Kier molecular flexibility index (Phi) is 5.04. The van der Waals surface area contributed by atoms with Crippen molar-refractivity contribution in [1.29, 1.82) is 0 Å². The van der Waals surface area contributed by atoms with Crippen LogP contribution in [0.25, 0.3) is 0 Å². The molecule has 23 heavy (non-hydrogen) atoms. The fourth-order valence-electron chi connectivity index (χ4n) is 3.66. The van der Waals surface area contributed by atoms with Crippen LogP contribution in [0.15, 0.2) is 42.0 Å². The molecule has 1 aromatic rings. The Morgan fingerprint density at radius 1 is 1.26 bits per heavy atom. The van der Waals surface area contributed by atoms with Crippen LogP contribution in [0.1, 0.15) is 51.5 Å². The van der Waals surface area contributed by atoms with Crippen molar-refractivity contribution in [2.75, 3.05) is 0 Å². The minimum Gasteiger partial charge on any atom is -0.445 e. The van der Waals surface area contributed by atoms with Crippen molar-refractivity contribution in [3.05, 3.63) is 47.5 Å². The van der Waals surface area contributed by atoms with Crippen LogP contribution < -0.4 is 0 Å². The number of rotatable bonds is 5. The van der Waals surface area contributed by atoms with Crippen molar-refractivity contribution in [3.63, 3.8) is 0 Å². The zero-order valence-electron chi connectivity index (χ0n) is 14.2. The fraction of sp³-hybridized carbons (Fsp3) is 0.550.